The summed E-state index contributed by atoms with van der Waals surface area (Å²) in [6.45, 7) is 1.72. The van der Waals surface area contributed by atoms with Gasteiger partial charge in [0.1, 0.15) is 5.56 Å². The minimum atomic E-state index is -1.32. The molecule has 3 N–H and O–H groups in total. The van der Waals surface area contributed by atoms with E-state index in [9.17, 15) is 14.7 Å². The van der Waals surface area contributed by atoms with Gasteiger partial charge < -0.3 is 20.1 Å². The van der Waals surface area contributed by atoms with Crippen LogP contribution in [-0.4, -0.2) is 27.3 Å². The molecule has 0 aliphatic heterocycles. The van der Waals surface area contributed by atoms with E-state index in [1.54, 1.807) is 6.92 Å². The van der Waals surface area contributed by atoms with E-state index in [1.807, 2.05) is 0 Å². The van der Waals surface area contributed by atoms with Gasteiger partial charge >= 0.3 is 11.9 Å². The number of phenols is 1. The van der Waals surface area contributed by atoms with Gasteiger partial charge in [-0.2, -0.15) is 0 Å². The molecule has 96 valence electrons. The Morgan fingerprint density at radius 3 is 2.50 bits per heavy atom. The third-order valence-electron chi connectivity index (χ3n) is 2.05. The van der Waals surface area contributed by atoms with E-state index in [0.717, 1.165) is 0 Å². The number of carbonyl (C=O) groups is 2. The van der Waals surface area contributed by atoms with Gasteiger partial charge in [0.15, 0.2) is 11.5 Å². The van der Waals surface area contributed by atoms with E-state index in [1.165, 1.54) is 24.3 Å². The Kier molecular flexibility index (Phi) is 4.31. The average molecular weight is 252 g/mol. The highest BCUT2D eigenvalue weighted by atomic mass is 16.5. The van der Waals surface area contributed by atoms with Gasteiger partial charge in [0.25, 0.3) is 0 Å². The summed E-state index contributed by atoms with van der Waals surface area (Å²) in [7, 11) is 0. The van der Waals surface area contributed by atoms with Crippen molar-refractivity contribution < 1.29 is 29.6 Å². The lowest BCUT2D eigenvalue weighted by Gasteiger charge is -2.09. The monoisotopic (exact) mass is 252 g/mol. The summed E-state index contributed by atoms with van der Waals surface area (Å²) in [6, 6.07) is 3.83. The molecule has 1 aromatic rings. The van der Waals surface area contributed by atoms with E-state index in [-0.39, 0.29) is 17.1 Å². The van der Waals surface area contributed by atoms with E-state index in [0.29, 0.717) is 6.42 Å². The zero-order valence-electron chi connectivity index (χ0n) is 9.58. The fourth-order valence-electron chi connectivity index (χ4n) is 1.25. The Morgan fingerprint density at radius 2 is 2.00 bits per heavy atom. The summed E-state index contributed by atoms with van der Waals surface area (Å²) in [5.74, 6) is -3.80. The number of para-hydroxylation sites is 1. The standard InChI is InChI=1S/C12H12O6/c1-2-4-9(12(16)17)18-8-6-3-5-7(10(8)13)11(14)15/h3-6,13H,2H2,1H3,(H,14,15)(H,16,17)/b9-4-. The third kappa shape index (κ3) is 3.00. The van der Waals surface area contributed by atoms with Crippen LogP contribution in [0.3, 0.4) is 0 Å². The molecular formula is C12H12O6. The summed E-state index contributed by atoms with van der Waals surface area (Å²) in [4.78, 5) is 21.6. The molecule has 0 fully saturated rings. The molecule has 0 saturated carbocycles. The number of hydrogen-bond donors (Lipinski definition) is 3. The Bertz CT molecular complexity index is 503. The second-order valence-electron chi connectivity index (χ2n) is 3.34. The Balaban J connectivity index is 3.11. The van der Waals surface area contributed by atoms with Crippen molar-refractivity contribution in [3.63, 3.8) is 0 Å². The first-order valence-corrected chi connectivity index (χ1v) is 5.14. The molecule has 0 aromatic heterocycles. The first-order chi connectivity index (χ1) is 8.47. The molecule has 6 heteroatoms. The van der Waals surface area contributed by atoms with Crippen LogP contribution in [0.15, 0.2) is 30.0 Å². The van der Waals surface area contributed by atoms with Crippen LogP contribution in [0.4, 0.5) is 0 Å². The molecule has 0 amide bonds. The number of aromatic carboxylic acids is 1. The number of allylic oxidation sites excluding steroid dienone is 1. The van der Waals surface area contributed by atoms with Gasteiger partial charge in [0.2, 0.25) is 5.76 Å². The van der Waals surface area contributed by atoms with Gasteiger partial charge in [-0.3, -0.25) is 0 Å². The molecule has 0 atom stereocenters. The molecule has 0 heterocycles. The largest absolute Gasteiger partial charge is 0.504 e. The zero-order valence-corrected chi connectivity index (χ0v) is 9.58. The number of hydrogen-bond acceptors (Lipinski definition) is 4. The fourth-order valence-corrected chi connectivity index (χ4v) is 1.25. The van der Waals surface area contributed by atoms with Crippen molar-refractivity contribution in [3.8, 4) is 11.5 Å². The van der Waals surface area contributed by atoms with Gasteiger partial charge in [-0.05, 0) is 24.6 Å². The van der Waals surface area contributed by atoms with Crippen LogP contribution in [0.2, 0.25) is 0 Å². The maximum atomic E-state index is 10.8. The SMILES string of the molecule is CC/C=C(\Oc1cccc(C(=O)O)c1O)C(=O)O. The Hall–Kier alpha value is -2.50. The number of carboxylic acid groups (broad SMARTS) is 2. The van der Waals surface area contributed by atoms with E-state index in [4.69, 9.17) is 14.9 Å². The molecule has 0 aliphatic carbocycles. The summed E-state index contributed by atoms with van der Waals surface area (Å²) < 4.78 is 4.99. The molecule has 0 unspecified atom stereocenters. The summed E-state index contributed by atoms with van der Waals surface area (Å²) in [5, 5.41) is 27.3. The lowest BCUT2D eigenvalue weighted by atomic mass is 10.2. The van der Waals surface area contributed by atoms with Crippen molar-refractivity contribution in [2.24, 2.45) is 0 Å². The second kappa shape index (κ2) is 5.72. The van der Waals surface area contributed by atoms with Gasteiger partial charge in [-0.1, -0.05) is 13.0 Å². The van der Waals surface area contributed by atoms with Gasteiger partial charge in [0.05, 0.1) is 0 Å². The average Bonchev–Trinajstić information content (AvgIpc) is 2.30. The van der Waals surface area contributed by atoms with E-state index >= 15 is 0 Å². The highest BCUT2D eigenvalue weighted by molar-refractivity contribution is 5.92. The molecule has 1 aromatic carbocycles. The molecular weight excluding hydrogens is 240 g/mol. The van der Waals surface area contributed by atoms with Gasteiger partial charge in [-0.25, -0.2) is 9.59 Å². The molecule has 0 saturated heterocycles. The second-order valence-corrected chi connectivity index (χ2v) is 3.34. The van der Waals surface area contributed by atoms with Crippen LogP contribution >= 0.6 is 0 Å². The minimum absolute atomic E-state index is 0.211. The number of rotatable bonds is 5. The topological polar surface area (TPSA) is 104 Å². The van der Waals surface area contributed by atoms with Crippen LogP contribution in [-0.2, 0) is 4.79 Å². The summed E-state index contributed by atoms with van der Waals surface area (Å²) in [5.41, 5.74) is -0.353. The predicted molar refractivity (Wildman–Crippen MR) is 61.7 cm³/mol. The molecule has 0 spiro atoms. The van der Waals surface area contributed by atoms with E-state index in [2.05, 4.69) is 0 Å². The summed E-state index contributed by atoms with van der Waals surface area (Å²) in [6.07, 6.45) is 1.75. The quantitative estimate of drug-likeness (QED) is 0.545. The minimum Gasteiger partial charge on any atom is -0.504 e. The third-order valence-corrected chi connectivity index (χ3v) is 2.05. The molecule has 0 aliphatic rings. The summed E-state index contributed by atoms with van der Waals surface area (Å²) >= 11 is 0. The predicted octanol–water partition coefficient (Wildman–Crippen LogP) is 1.85. The van der Waals surface area contributed by atoms with Crippen LogP contribution in [0.1, 0.15) is 23.7 Å². The number of benzene rings is 1. The van der Waals surface area contributed by atoms with Gasteiger partial charge in [-0.15, -0.1) is 0 Å². The van der Waals surface area contributed by atoms with Crippen molar-refractivity contribution in [3.05, 3.63) is 35.6 Å². The van der Waals surface area contributed by atoms with Crippen LogP contribution in [0.25, 0.3) is 0 Å². The zero-order chi connectivity index (χ0) is 13.7. The first-order valence-electron chi connectivity index (χ1n) is 5.14. The molecule has 1 rings (SSSR count). The van der Waals surface area contributed by atoms with Crippen molar-refractivity contribution in [2.75, 3.05) is 0 Å². The maximum absolute atomic E-state index is 10.8. The molecule has 0 radical (unpaired) electrons. The van der Waals surface area contributed by atoms with Crippen LogP contribution in [0.5, 0.6) is 11.5 Å². The Morgan fingerprint density at radius 1 is 1.33 bits per heavy atom. The van der Waals surface area contributed by atoms with E-state index < -0.39 is 17.7 Å². The molecule has 6 nitrogen and oxygen atoms in total. The lowest BCUT2D eigenvalue weighted by Crippen LogP contribution is -2.08. The van der Waals surface area contributed by atoms with Crippen molar-refractivity contribution in [2.45, 2.75) is 13.3 Å². The Labute approximate surface area is 103 Å². The number of carboxylic acids is 2. The smallest absolute Gasteiger partial charge is 0.371 e. The lowest BCUT2D eigenvalue weighted by molar-refractivity contribution is -0.135. The number of aromatic hydroxyl groups is 1. The molecule has 0 bridgehead atoms. The van der Waals surface area contributed by atoms with Crippen LogP contribution in [0, 0.1) is 0 Å². The highest BCUT2D eigenvalue weighted by Gasteiger charge is 2.17. The van der Waals surface area contributed by atoms with Crippen LogP contribution < -0.4 is 4.74 Å². The van der Waals surface area contributed by atoms with Crippen molar-refractivity contribution in [1.29, 1.82) is 0 Å². The normalized spacial score (nSPS) is 11.1. The number of ether oxygens (including phenoxy) is 1. The number of aliphatic carboxylic acids is 1. The van der Waals surface area contributed by atoms with Crippen molar-refractivity contribution in [1.82, 2.24) is 0 Å². The first kappa shape index (κ1) is 13.6. The maximum Gasteiger partial charge on any atom is 0.371 e. The van der Waals surface area contributed by atoms with Gasteiger partial charge in [0, 0.05) is 0 Å². The highest BCUT2D eigenvalue weighted by Crippen LogP contribution is 2.31. The van der Waals surface area contributed by atoms with Crippen molar-refractivity contribution >= 4 is 11.9 Å². The molecule has 18 heavy (non-hydrogen) atoms. The fraction of sp³-hybridized carbons (Fsp3) is 0.167.